The minimum Gasteiger partial charge on any atom is -0.465 e. The molecular weight excluding hydrogens is 572 g/mol. The van der Waals surface area contributed by atoms with Gasteiger partial charge in [0.25, 0.3) is 0 Å². The number of esters is 2. The van der Waals surface area contributed by atoms with Crippen molar-refractivity contribution in [1.82, 2.24) is 9.55 Å². The van der Waals surface area contributed by atoms with E-state index in [4.69, 9.17) is 14.5 Å². The molecule has 0 aliphatic heterocycles. The van der Waals surface area contributed by atoms with Crippen LogP contribution in [0.2, 0.25) is 0 Å². The lowest BCUT2D eigenvalue weighted by atomic mass is 9.88. The lowest BCUT2D eigenvalue weighted by Crippen LogP contribution is -2.38. The van der Waals surface area contributed by atoms with Crippen LogP contribution in [0.25, 0.3) is 11.3 Å². The van der Waals surface area contributed by atoms with E-state index in [2.05, 4.69) is 55.4 Å². The van der Waals surface area contributed by atoms with Crippen LogP contribution in [0.5, 0.6) is 0 Å². The van der Waals surface area contributed by atoms with Gasteiger partial charge in [0, 0.05) is 11.8 Å². The third-order valence-electron chi connectivity index (χ3n) is 9.32. The van der Waals surface area contributed by atoms with Crippen LogP contribution < -0.4 is 0 Å². The fraction of sp³-hybridized carbons (Fsp3) is 0.575. The molecule has 0 saturated heterocycles. The predicted octanol–water partition coefficient (Wildman–Crippen LogP) is 9.57. The van der Waals surface area contributed by atoms with Crippen LogP contribution in [-0.4, -0.2) is 34.7 Å². The van der Waals surface area contributed by atoms with E-state index in [1.165, 1.54) is 0 Å². The molecular formula is C40H58N2O4. The van der Waals surface area contributed by atoms with Crippen LogP contribution in [0.15, 0.2) is 67.1 Å². The van der Waals surface area contributed by atoms with E-state index in [-0.39, 0.29) is 25.0 Å². The number of carbonyl (C=O) groups excluding carboxylic acids is 2. The van der Waals surface area contributed by atoms with Crippen molar-refractivity contribution in [2.24, 2.45) is 41.4 Å². The fourth-order valence-electron chi connectivity index (χ4n) is 5.90. The number of hydrogen-bond acceptors (Lipinski definition) is 5. The first kappa shape index (κ1) is 37.1. The monoisotopic (exact) mass is 630 g/mol. The van der Waals surface area contributed by atoms with Gasteiger partial charge in [-0.3, -0.25) is 9.59 Å². The maximum absolute atomic E-state index is 14.3. The normalized spacial score (nSPS) is 14.5. The number of aryl methyl sites for hydroxylation is 1. The van der Waals surface area contributed by atoms with Crippen LogP contribution in [0.3, 0.4) is 0 Å². The smallest absolute Gasteiger partial charge is 0.322 e. The van der Waals surface area contributed by atoms with Gasteiger partial charge in [-0.1, -0.05) is 123 Å². The van der Waals surface area contributed by atoms with Crippen LogP contribution in [0, 0.1) is 48.3 Å². The number of ether oxygens (including phenoxy) is 2. The number of imidazole rings is 1. The molecule has 252 valence electrons. The molecule has 0 aliphatic rings. The van der Waals surface area contributed by atoms with E-state index in [1.807, 2.05) is 72.3 Å². The zero-order valence-electron chi connectivity index (χ0n) is 29.7. The molecule has 0 aliphatic carbocycles. The average Bonchev–Trinajstić information content (AvgIpc) is 3.50. The predicted molar refractivity (Wildman–Crippen MR) is 187 cm³/mol. The van der Waals surface area contributed by atoms with Gasteiger partial charge in [-0.05, 0) is 66.4 Å². The van der Waals surface area contributed by atoms with Crippen LogP contribution in [-0.2, 0) is 19.1 Å². The molecule has 3 atom stereocenters. The largest absolute Gasteiger partial charge is 0.465 e. The van der Waals surface area contributed by atoms with Crippen molar-refractivity contribution in [3.8, 4) is 11.3 Å². The molecule has 3 aromatic rings. The SMILES string of the molecule is Cc1ccccc1C(C(C(=O)OCC(CCC(C)C)C(C)C)C(=O)OCC(CCC(C)C)C(C)C)n1cnc(-c2ccccc2)c1. The standard InChI is InChI=1S/C40H58N2O4/c1-27(2)19-21-33(29(5)6)24-45-39(43)37(40(44)46-25-34(30(7)8)22-20-28(3)4)38(35-18-14-13-15-31(35)9)42-23-36(41-26-42)32-16-11-10-12-17-32/h10-18,23,26-30,33-34,37-38H,19-22,24-25H2,1-9H3. The van der Waals surface area contributed by atoms with Crippen LogP contribution >= 0.6 is 0 Å². The third-order valence-corrected chi connectivity index (χ3v) is 9.32. The Labute approximate surface area is 278 Å². The summed E-state index contributed by atoms with van der Waals surface area (Å²) in [6.45, 7) is 20.1. The van der Waals surface area contributed by atoms with E-state index >= 15 is 0 Å². The van der Waals surface area contributed by atoms with Gasteiger partial charge in [0.15, 0.2) is 5.92 Å². The second-order valence-corrected chi connectivity index (χ2v) is 14.6. The summed E-state index contributed by atoms with van der Waals surface area (Å²) in [7, 11) is 0. The number of nitrogens with zero attached hydrogens (tertiary/aromatic N) is 2. The summed E-state index contributed by atoms with van der Waals surface area (Å²) in [5, 5.41) is 0. The van der Waals surface area contributed by atoms with Crippen molar-refractivity contribution in [2.75, 3.05) is 13.2 Å². The van der Waals surface area contributed by atoms with Crippen molar-refractivity contribution in [2.45, 2.75) is 94.0 Å². The lowest BCUT2D eigenvalue weighted by Gasteiger charge is -2.29. The second-order valence-electron chi connectivity index (χ2n) is 14.6. The molecule has 0 spiro atoms. The second kappa shape index (κ2) is 18.1. The molecule has 6 heteroatoms. The van der Waals surface area contributed by atoms with Gasteiger partial charge in [0.2, 0.25) is 0 Å². The Kier molecular flexibility index (Phi) is 14.5. The molecule has 0 N–H and O–H groups in total. The molecule has 6 nitrogen and oxygen atoms in total. The highest BCUT2D eigenvalue weighted by atomic mass is 16.6. The van der Waals surface area contributed by atoms with E-state index in [9.17, 15) is 9.59 Å². The summed E-state index contributed by atoms with van der Waals surface area (Å²) >= 11 is 0. The van der Waals surface area contributed by atoms with E-state index in [0.29, 0.717) is 23.7 Å². The molecule has 1 heterocycles. The molecule has 3 rings (SSSR count). The maximum Gasteiger partial charge on any atom is 0.322 e. The summed E-state index contributed by atoms with van der Waals surface area (Å²) in [5.74, 6) is -0.0611. The van der Waals surface area contributed by atoms with Gasteiger partial charge in [-0.25, -0.2) is 4.98 Å². The maximum atomic E-state index is 14.3. The highest BCUT2D eigenvalue weighted by Gasteiger charge is 2.41. The van der Waals surface area contributed by atoms with Gasteiger partial charge in [0.05, 0.1) is 31.3 Å². The fourth-order valence-corrected chi connectivity index (χ4v) is 5.90. The minimum absolute atomic E-state index is 0.208. The number of aromatic nitrogens is 2. The Balaban J connectivity index is 2.03. The first-order valence-electron chi connectivity index (χ1n) is 17.4. The molecule has 0 radical (unpaired) electrons. The number of benzene rings is 2. The third kappa shape index (κ3) is 10.8. The van der Waals surface area contributed by atoms with E-state index < -0.39 is 23.9 Å². The van der Waals surface area contributed by atoms with Crippen molar-refractivity contribution >= 4 is 11.9 Å². The summed E-state index contributed by atoms with van der Waals surface area (Å²) < 4.78 is 14.1. The Bertz CT molecular complexity index is 1300. The summed E-state index contributed by atoms with van der Waals surface area (Å²) in [5.41, 5.74) is 3.56. The number of hydrogen-bond donors (Lipinski definition) is 0. The average molecular weight is 631 g/mol. The Morgan fingerprint density at radius 2 is 1.20 bits per heavy atom. The first-order valence-corrected chi connectivity index (χ1v) is 17.4. The Hall–Kier alpha value is -3.41. The van der Waals surface area contributed by atoms with Crippen molar-refractivity contribution in [3.05, 3.63) is 78.2 Å². The quantitative estimate of drug-likeness (QED) is 0.103. The summed E-state index contributed by atoms with van der Waals surface area (Å²) in [4.78, 5) is 33.2. The summed E-state index contributed by atoms with van der Waals surface area (Å²) in [6, 6.07) is 17.1. The molecule has 0 amide bonds. The molecule has 46 heavy (non-hydrogen) atoms. The molecule has 0 bridgehead atoms. The van der Waals surface area contributed by atoms with Crippen LogP contribution in [0.4, 0.5) is 0 Å². The van der Waals surface area contributed by atoms with Crippen molar-refractivity contribution in [3.63, 3.8) is 0 Å². The molecule has 0 saturated carbocycles. The van der Waals surface area contributed by atoms with Crippen molar-refractivity contribution < 1.29 is 19.1 Å². The Morgan fingerprint density at radius 3 is 1.67 bits per heavy atom. The first-order chi connectivity index (χ1) is 21.9. The van der Waals surface area contributed by atoms with E-state index in [0.717, 1.165) is 48.1 Å². The zero-order valence-corrected chi connectivity index (χ0v) is 29.7. The number of carbonyl (C=O) groups is 2. The minimum atomic E-state index is -1.20. The van der Waals surface area contributed by atoms with Gasteiger partial charge in [-0.15, -0.1) is 0 Å². The highest BCUT2D eigenvalue weighted by Crippen LogP contribution is 2.34. The highest BCUT2D eigenvalue weighted by molar-refractivity contribution is 5.96. The molecule has 2 aromatic carbocycles. The Morgan fingerprint density at radius 1 is 0.696 bits per heavy atom. The van der Waals surface area contributed by atoms with Gasteiger partial charge in [0.1, 0.15) is 0 Å². The van der Waals surface area contributed by atoms with Crippen molar-refractivity contribution in [1.29, 1.82) is 0 Å². The topological polar surface area (TPSA) is 70.4 Å². The number of rotatable bonds is 18. The lowest BCUT2D eigenvalue weighted by molar-refractivity contribution is -0.166. The van der Waals surface area contributed by atoms with Crippen LogP contribution in [0.1, 0.15) is 98.2 Å². The van der Waals surface area contributed by atoms with Gasteiger partial charge >= 0.3 is 11.9 Å². The summed E-state index contributed by atoms with van der Waals surface area (Å²) in [6.07, 6.45) is 7.68. The zero-order chi connectivity index (χ0) is 33.8. The molecule has 3 unspecified atom stereocenters. The molecule has 0 fully saturated rings. The molecule has 1 aromatic heterocycles. The van der Waals surface area contributed by atoms with Gasteiger partial charge < -0.3 is 14.0 Å². The van der Waals surface area contributed by atoms with Gasteiger partial charge in [-0.2, -0.15) is 0 Å². The van der Waals surface area contributed by atoms with E-state index in [1.54, 1.807) is 6.33 Å².